The molecule has 19 heavy (non-hydrogen) atoms. The summed E-state index contributed by atoms with van der Waals surface area (Å²) in [5, 5.41) is 3.05. The molecule has 1 saturated carbocycles. The average molecular weight is 270 g/mol. The zero-order chi connectivity index (χ0) is 13.7. The van der Waals surface area contributed by atoms with Crippen molar-refractivity contribution in [1.82, 2.24) is 10.2 Å². The van der Waals surface area contributed by atoms with Crippen LogP contribution >= 0.6 is 0 Å². The predicted molar refractivity (Wildman–Crippen MR) is 68.6 cm³/mol. The zero-order valence-corrected chi connectivity index (χ0v) is 11.4. The molecule has 0 bridgehead atoms. The van der Waals surface area contributed by atoms with E-state index in [0.29, 0.717) is 32.3 Å². The van der Waals surface area contributed by atoms with Gasteiger partial charge < -0.3 is 14.8 Å². The SMILES string of the molecule is COC(=O)C1CN(CC(=O)NC2CCCC2)CCO1. The maximum atomic E-state index is 11.9. The minimum absolute atomic E-state index is 0.0393. The molecule has 2 rings (SSSR count). The fourth-order valence-electron chi connectivity index (χ4n) is 2.67. The number of hydrogen-bond acceptors (Lipinski definition) is 5. The summed E-state index contributed by atoms with van der Waals surface area (Å²) in [6.07, 6.45) is 4.00. The monoisotopic (exact) mass is 270 g/mol. The standard InChI is InChI=1S/C13H22N2O4/c1-18-13(17)11-8-15(6-7-19-11)9-12(16)14-10-4-2-3-5-10/h10-11H,2-9H2,1H3,(H,14,16). The topological polar surface area (TPSA) is 67.9 Å². The Morgan fingerprint density at radius 1 is 1.37 bits per heavy atom. The maximum absolute atomic E-state index is 11.9. The van der Waals surface area contributed by atoms with Crippen LogP contribution in [0.25, 0.3) is 0 Å². The van der Waals surface area contributed by atoms with Gasteiger partial charge in [-0.1, -0.05) is 12.8 Å². The highest BCUT2D eigenvalue weighted by Gasteiger charge is 2.28. The number of nitrogens with one attached hydrogen (secondary N) is 1. The Hall–Kier alpha value is -1.14. The van der Waals surface area contributed by atoms with Crippen molar-refractivity contribution < 1.29 is 19.1 Å². The van der Waals surface area contributed by atoms with E-state index < -0.39 is 6.10 Å². The van der Waals surface area contributed by atoms with Crippen molar-refractivity contribution in [3.8, 4) is 0 Å². The van der Waals surface area contributed by atoms with Crippen LogP contribution in [0.1, 0.15) is 25.7 Å². The number of ether oxygens (including phenoxy) is 2. The van der Waals surface area contributed by atoms with Gasteiger partial charge in [0.2, 0.25) is 5.91 Å². The Morgan fingerprint density at radius 2 is 2.11 bits per heavy atom. The second-order valence-electron chi connectivity index (χ2n) is 5.17. The summed E-state index contributed by atoms with van der Waals surface area (Å²) in [6, 6.07) is 0.338. The first-order valence-electron chi connectivity index (χ1n) is 6.90. The highest BCUT2D eigenvalue weighted by atomic mass is 16.6. The minimum atomic E-state index is -0.571. The van der Waals surface area contributed by atoms with E-state index in [1.54, 1.807) is 0 Å². The number of carbonyl (C=O) groups is 2. The number of amides is 1. The van der Waals surface area contributed by atoms with E-state index in [1.165, 1.54) is 20.0 Å². The van der Waals surface area contributed by atoms with Gasteiger partial charge in [-0.3, -0.25) is 9.69 Å². The summed E-state index contributed by atoms with van der Waals surface area (Å²) in [7, 11) is 1.34. The molecule has 1 N–H and O–H groups in total. The molecule has 1 unspecified atom stereocenters. The van der Waals surface area contributed by atoms with E-state index in [9.17, 15) is 9.59 Å². The maximum Gasteiger partial charge on any atom is 0.336 e. The minimum Gasteiger partial charge on any atom is -0.467 e. The third-order valence-corrected chi connectivity index (χ3v) is 3.70. The number of esters is 1. The zero-order valence-electron chi connectivity index (χ0n) is 11.4. The molecule has 1 aliphatic carbocycles. The summed E-state index contributed by atoms with van der Waals surface area (Å²) < 4.78 is 9.99. The molecule has 1 aliphatic heterocycles. The second-order valence-corrected chi connectivity index (χ2v) is 5.17. The van der Waals surface area contributed by atoms with Gasteiger partial charge in [0, 0.05) is 19.1 Å². The van der Waals surface area contributed by atoms with Crippen LogP contribution in [0.3, 0.4) is 0 Å². The van der Waals surface area contributed by atoms with Crippen LogP contribution in [0.15, 0.2) is 0 Å². The molecule has 0 aromatic carbocycles. The van der Waals surface area contributed by atoms with Gasteiger partial charge in [0.15, 0.2) is 6.10 Å². The van der Waals surface area contributed by atoms with Crippen molar-refractivity contribution in [1.29, 1.82) is 0 Å². The van der Waals surface area contributed by atoms with E-state index in [2.05, 4.69) is 10.1 Å². The Balaban J connectivity index is 1.74. The molecular weight excluding hydrogens is 248 g/mol. The van der Waals surface area contributed by atoms with Gasteiger partial charge in [0.05, 0.1) is 20.3 Å². The molecule has 6 nitrogen and oxygen atoms in total. The molecule has 1 heterocycles. The van der Waals surface area contributed by atoms with Crippen molar-refractivity contribution in [3.05, 3.63) is 0 Å². The first-order chi connectivity index (χ1) is 9.19. The van der Waals surface area contributed by atoms with Gasteiger partial charge in [-0.2, -0.15) is 0 Å². The lowest BCUT2D eigenvalue weighted by atomic mass is 10.2. The number of morpholine rings is 1. The third-order valence-electron chi connectivity index (χ3n) is 3.70. The molecule has 0 aromatic rings. The third kappa shape index (κ3) is 4.18. The summed E-state index contributed by atoms with van der Waals surface area (Å²) in [6.45, 7) is 1.88. The van der Waals surface area contributed by atoms with Gasteiger partial charge in [-0.15, -0.1) is 0 Å². The summed E-state index contributed by atoms with van der Waals surface area (Å²) in [5.41, 5.74) is 0. The lowest BCUT2D eigenvalue weighted by molar-refractivity contribution is -0.160. The second kappa shape index (κ2) is 6.86. The summed E-state index contributed by atoms with van der Waals surface area (Å²) in [5.74, 6) is -0.335. The van der Waals surface area contributed by atoms with Gasteiger partial charge in [-0.05, 0) is 12.8 Å². The molecule has 1 atom stereocenters. The highest BCUT2D eigenvalue weighted by molar-refractivity contribution is 5.79. The number of nitrogens with zero attached hydrogens (tertiary/aromatic N) is 1. The van der Waals surface area contributed by atoms with E-state index in [0.717, 1.165) is 12.8 Å². The molecule has 2 aliphatic rings. The Bertz CT molecular complexity index is 329. The van der Waals surface area contributed by atoms with Crippen molar-refractivity contribution in [3.63, 3.8) is 0 Å². The Kier molecular flexibility index (Phi) is 5.15. The first kappa shape index (κ1) is 14.3. The van der Waals surface area contributed by atoms with Crippen LogP contribution in [0.2, 0.25) is 0 Å². The van der Waals surface area contributed by atoms with Crippen molar-refractivity contribution in [2.75, 3.05) is 33.4 Å². The molecule has 0 radical (unpaired) electrons. The molecule has 1 saturated heterocycles. The molecule has 108 valence electrons. The molecule has 1 amide bonds. The number of rotatable bonds is 4. The van der Waals surface area contributed by atoms with Crippen LogP contribution < -0.4 is 5.32 Å². The molecular formula is C13H22N2O4. The summed E-state index contributed by atoms with van der Waals surface area (Å²) >= 11 is 0. The van der Waals surface area contributed by atoms with Gasteiger partial charge in [0.25, 0.3) is 0 Å². The van der Waals surface area contributed by atoms with Gasteiger partial charge in [-0.25, -0.2) is 4.79 Å². The van der Waals surface area contributed by atoms with Crippen LogP contribution in [0.4, 0.5) is 0 Å². The number of methoxy groups -OCH3 is 1. The van der Waals surface area contributed by atoms with E-state index >= 15 is 0 Å². The molecule has 0 spiro atoms. The van der Waals surface area contributed by atoms with Crippen LogP contribution in [0, 0.1) is 0 Å². The Labute approximate surface area is 113 Å². The molecule has 6 heteroatoms. The summed E-state index contributed by atoms with van der Waals surface area (Å²) in [4.78, 5) is 25.2. The first-order valence-corrected chi connectivity index (χ1v) is 6.90. The number of carbonyl (C=O) groups excluding carboxylic acids is 2. The van der Waals surface area contributed by atoms with Crippen molar-refractivity contribution in [2.24, 2.45) is 0 Å². The van der Waals surface area contributed by atoms with Crippen molar-refractivity contribution >= 4 is 11.9 Å². The smallest absolute Gasteiger partial charge is 0.336 e. The average Bonchev–Trinajstić information content (AvgIpc) is 2.90. The fraction of sp³-hybridized carbons (Fsp3) is 0.846. The van der Waals surface area contributed by atoms with Gasteiger partial charge in [0.1, 0.15) is 0 Å². The molecule has 0 aromatic heterocycles. The fourth-order valence-corrected chi connectivity index (χ4v) is 2.67. The predicted octanol–water partition coefficient (Wildman–Crippen LogP) is -0.0810. The van der Waals surface area contributed by atoms with E-state index in [-0.39, 0.29) is 11.9 Å². The normalized spacial score (nSPS) is 25.2. The lowest BCUT2D eigenvalue weighted by Gasteiger charge is -2.31. The van der Waals surface area contributed by atoms with Crippen LogP contribution in [-0.2, 0) is 19.1 Å². The quantitative estimate of drug-likeness (QED) is 0.724. The van der Waals surface area contributed by atoms with E-state index in [1.807, 2.05) is 4.90 Å². The number of hydrogen-bond donors (Lipinski definition) is 1. The highest BCUT2D eigenvalue weighted by Crippen LogP contribution is 2.17. The Morgan fingerprint density at radius 3 is 2.79 bits per heavy atom. The molecule has 2 fully saturated rings. The van der Waals surface area contributed by atoms with Crippen molar-refractivity contribution in [2.45, 2.75) is 37.8 Å². The van der Waals surface area contributed by atoms with Crippen LogP contribution in [-0.4, -0.2) is 62.3 Å². The largest absolute Gasteiger partial charge is 0.467 e. The van der Waals surface area contributed by atoms with Gasteiger partial charge >= 0.3 is 5.97 Å². The van der Waals surface area contributed by atoms with Crippen LogP contribution in [0.5, 0.6) is 0 Å². The van der Waals surface area contributed by atoms with E-state index in [4.69, 9.17) is 4.74 Å². The lowest BCUT2D eigenvalue weighted by Crippen LogP contribution is -2.50.